The second-order valence-corrected chi connectivity index (χ2v) is 7.37. The number of halogens is 1. The van der Waals surface area contributed by atoms with Gasteiger partial charge in [0, 0.05) is 12.1 Å². The lowest BCUT2D eigenvalue weighted by molar-refractivity contribution is 0.414. The van der Waals surface area contributed by atoms with Gasteiger partial charge in [-0.3, -0.25) is 0 Å². The molecule has 3 N–H and O–H groups in total. The van der Waals surface area contributed by atoms with Gasteiger partial charge in [0.1, 0.15) is 17.4 Å². The molecular weight excluding hydrogens is 383 g/mol. The van der Waals surface area contributed by atoms with E-state index in [1.165, 1.54) is 12.1 Å². The minimum Gasteiger partial charge on any atom is -0.497 e. The molecule has 154 valence electrons. The first kappa shape index (κ1) is 19.6. The number of fused-ring (bicyclic) bond motifs is 1. The molecule has 0 unspecified atom stereocenters. The zero-order valence-corrected chi connectivity index (χ0v) is 17.1. The van der Waals surface area contributed by atoms with Gasteiger partial charge in [-0.15, -0.1) is 5.10 Å². The number of nitrogen functional groups attached to an aromatic ring is 1. The van der Waals surface area contributed by atoms with E-state index in [0.29, 0.717) is 46.5 Å². The molecule has 2 heterocycles. The molecular formula is C22H23FN6O. The van der Waals surface area contributed by atoms with Crippen molar-refractivity contribution >= 4 is 22.8 Å². The van der Waals surface area contributed by atoms with E-state index in [4.69, 9.17) is 10.5 Å². The standard InChI is InChI=1S/C22H23FN6O/c1-13(2)12-25-22-26-19(14-5-4-6-15(23)11-14)18-20(24)29(28-21(18)27-22)16-7-9-17(30-3)10-8-16/h4-11,13H,12,24H2,1-3H3,(H,25,27,28). The van der Waals surface area contributed by atoms with E-state index in [2.05, 4.69) is 34.2 Å². The lowest BCUT2D eigenvalue weighted by Crippen LogP contribution is -2.11. The molecule has 4 aromatic rings. The molecule has 0 fully saturated rings. The summed E-state index contributed by atoms with van der Waals surface area (Å²) in [5.74, 6) is 1.59. The van der Waals surface area contributed by atoms with Crippen LogP contribution < -0.4 is 15.8 Å². The number of anilines is 2. The highest BCUT2D eigenvalue weighted by atomic mass is 19.1. The van der Waals surface area contributed by atoms with Gasteiger partial charge < -0.3 is 15.8 Å². The van der Waals surface area contributed by atoms with Gasteiger partial charge >= 0.3 is 0 Å². The van der Waals surface area contributed by atoms with Gasteiger partial charge in [0.05, 0.1) is 23.9 Å². The summed E-state index contributed by atoms with van der Waals surface area (Å²) in [7, 11) is 1.61. The molecule has 2 aromatic heterocycles. The van der Waals surface area contributed by atoms with Crippen molar-refractivity contribution in [2.24, 2.45) is 5.92 Å². The lowest BCUT2D eigenvalue weighted by Gasteiger charge is -2.10. The predicted octanol–water partition coefficient (Wildman–Crippen LogP) is 4.28. The lowest BCUT2D eigenvalue weighted by atomic mass is 10.1. The van der Waals surface area contributed by atoms with Crippen molar-refractivity contribution in [3.63, 3.8) is 0 Å². The highest BCUT2D eigenvalue weighted by molar-refractivity contribution is 5.99. The number of ether oxygens (including phenoxy) is 1. The quantitative estimate of drug-likeness (QED) is 0.497. The third-order valence-electron chi connectivity index (χ3n) is 4.65. The second kappa shape index (κ2) is 7.98. The van der Waals surface area contributed by atoms with Gasteiger partial charge in [-0.1, -0.05) is 26.0 Å². The molecule has 8 heteroatoms. The highest BCUT2D eigenvalue weighted by Crippen LogP contribution is 2.33. The van der Waals surface area contributed by atoms with Crippen LogP contribution in [0.5, 0.6) is 5.75 Å². The summed E-state index contributed by atoms with van der Waals surface area (Å²) >= 11 is 0. The van der Waals surface area contributed by atoms with Crippen molar-refractivity contribution in [1.29, 1.82) is 0 Å². The minimum atomic E-state index is -0.350. The average Bonchev–Trinajstić information content (AvgIpc) is 3.08. The molecule has 2 aromatic carbocycles. The van der Waals surface area contributed by atoms with Crippen molar-refractivity contribution in [2.75, 3.05) is 24.7 Å². The molecule has 7 nitrogen and oxygen atoms in total. The monoisotopic (exact) mass is 406 g/mol. The van der Waals surface area contributed by atoms with Crippen molar-refractivity contribution in [2.45, 2.75) is 13.8 Å². The third-order valence-corrected chi connectivity index (χ3v) is 4.65. The maximum Gasteiger partial charge on any atom is 0.225 e. The smallest absolute Gasteiger partial charge is 0.225 e. The Morgan fingerprint density at radius 3 is 2.57 bits per heavy atom. The van der Waals surface area contributed by atoms with Gasteiger partial charge in [0.15, 0.2) is 5.65 Å². The number of rotatable bonds is 6. The van der Waals surface area contributed by atoms with Crippen LogP contribution in [0.1, 0.15) is 13.8 Å². The Hall–Kier alpha value is -3.68. The molecule has 0 radical (unpaired) electrons. The topological polar surface area (TPSA) is 90.9 Å². The Bertz CT molecular complexity index is 1190. The minimum absolute atomic E-state index is 0.350. The van der Waals surface area contributed by atoms with E-state index < -0.39 is 0 Å². The van der Waals surface area contributed by atoms with E-state index in [9.17, 15) is 4.39 Å². The fourth-order valence-corrected chi connectivity index (χ4v) is 3.15. The normalized spacial score (nSPS) is 11.2. The van der Waals surface area contributed by atoms with Gasteiger partial charge in [-0.05, 0) is 42.3 Å². The first-order valence-electron chi connectivity index (χ1n) is 9.66. The molecule has 0 atom stereocenters. The Morgan fingerprint density at radius 1 is 1.13 bits per heavy atom. The number of nitrogens with zero attached hydrogens (tertiary/aromatic N) is 4. The molecule has 0 aliphatic carbocycles. The SMILES string of the molecule is COc1ccc(-n2nc3nc(NCC(C)C)nc(-c4cccc(F)c4)c3c2N)cc1. The van der Waals surface area contributed by atoms with Crippen LogP contribution in [-0.4, -0.2) is 33.4 Å². The molecule has 0 spiro atoms. The second-order valence-electron chi connectivity index (χ2n) is 7.37. The number of nitrogens with two attached hydrogens (primary N) is 1. The highest BCUT2D eigenvalue weighted by Gasteiger charge is 2.19. The van der Waals surface area contributed by atoms with Crippen LogP contribution in [0, 0.1) is 11.7 Å². The number of benzene rings is 2. The van der Waals surface area contributed by atoms with Gasteiger partial charge in [-0.25, -0.2) is 14.1 Å². The molecule has 0 bridgehead atoms. The maximum absolute atomic E-state index is 13.9. The van der Waals surface area contributed by atoms with Crippen LogP contribution in [-0.2, 0) is 0 Å². The van der Waals surface area contributed by atoms with Crippen LogP contribution in [0.4, 0.5) is 16.2 Å². The summed E-state index contributed by atoms with van der Waals surface area (Å²) in [6, 6.07) is 13.6. The zero-order valence-electron chi connectivity index (χ0n) is 17.1. The summed E-state index contributed by atoms with van der Waals surface area (Å²) in [6.07, 6.45) is 0. The van der Waals surface area contributed by atoms with Crippen LogP contribution >= 0.6 is 0 Å². The van der Waals surface area contributed by atoms with Crippen molar-refractivity contribution in [1.82, 2.24) is 19.7 Å². The van der Waals surface area contributed by atoms with E-state index in [1.807, 2.05) is 24.3 Å². The van der Waals surface area contributed by atoms with Gasteiger partial charge in [-0.2, -0.15) is 4.98 Å². The van der Waals surface area contributed by atoms with Crippen LogP contribution in [0.15, 0.2) is 48.5 Å². The number of hydrogen-bond donors (Lipinski definition) is 2. The Balaban J connectivity index is 1.91. The fourth-order valence-electron chi connectivity index (χ4n) is 3.15. The summed E-state index contributed by atoms with van der Waals surface area (Å²) in [5.41, 5.74) is 8.79. The molecule has 0 amide bonds. The number of methoxy groups -OCH3 is 1. The Kier molecular flexibility index (Phi) is 5.22. The average molecular weight is 406 g/mol. The molecule has 0 aliphatic heterocycles. The van der Waals surface area contributed by atoms with Crippen LogP contribution in [0.2, 0.25) is 0 Å². The van der Waals surface area contributed by atoms with E-state index >= 15 is 0 Å². The van der Waals surface area contributed by atoms with E-state index in [-0.39, 0.29) is 5.82 Å². The van der Waals surface area contributed by atoms with Crippen molar-refractivity contribution in [3.05, 3.63) is 54.3 Å². The first-order chi connectivity index (χ1) is 14.5. The Morgan fingerprint density at radius 2 is 1.90 bits per heavy atom. The number of nitrogens with one attached hydrogen (secondary N) is 1. The van der Waals surface area contributed by atoms with Crippen LogP contribution in [0.3, 0.4) is 0 Å². The number of aromatic nitrogens is 4. The molecule has 4 rings (SSSR count). The van der Waals surface area contributed by atoms with Crippen LogP contribution in [0.25, 0.3) is 28.0 Å². The largest absolute Gasteiger partial charge is 0.497 e. The molecule has 0 aliphatic rings. The predicted molar refractivity (Wildman–Crippen MR) is 116 cm³/mol. The summed E-state index contributed by atoms with van der Waals surface area (Å²) in [5, 5.41) is 8.40. The van der Waals surface area contributed by atoms with E-state index in [1.54, 1.807) is 23.9 Å². The van der Waals surface area contributed by atoms with Gasteiger partial charge in [0.2, 0.25) is 5.95 Å². The Labute approximate surface area is 173 Å². The maximum atomic E-state index is 13.9. The third kappa shape index (κ3) is 3.76. The molecule has 0 saturated heterocycles. The van der Waals surface area contributed by atoms with Crippen molar-refractivity contribution < 1.29 is 9.13 Å². The van der Waals surface area contributed by atoms with Crippen molar-refractivity contribution in [3.8, 4) is 22.7 Å². The number of hydrogen-bond acceptors (Lipinski definition) is 6. The summed E-state index contributed by atoms with van der Waals surface area (Å²) < 4.78 is 20.7. The molecule has 30 heavy (non-hydrogen) atoms. The van der Waals surface area contributed by atoms with Gasteiger partial charge in [0.25, 0.3) is 0 Å². The summed E-state index contributed by atoms with van der Waals surface area (Å²) in [4.78, 5) is 9.18. The first-order valence-corrected chi connectivity index (χ1v) is 9.66. The van der Waals surface area contributed by atoms with E-state index in [0.717, 1.165) is 11.4 Å². The zero-order chi connectivity index (χ0) is 21.3. The fraction of sp³-hybridized carbons (Fsp3) is 0.227. The molecule has 0 saturated carbocycles. The summed E-state index contributed by atoms with van der Waals surface area (Å²) in [6.45, 7) is 4.88.